The van der Waals surface area contributed by atoms with Gasteiger partial charge in [-0.3, -0.25) is 0 Å². The van der Waals surface area contributed by atoms with Crippen LogP contribution in [0.2, 0.25) is 0 Å². The van der Waals surface area contributed by atoms with Gasteiger partial charge in [0.05, 0.1) is 5.69 Å². The van der Waals surface area contributed by atoms with Crippen LogP contribution in [0.5, 0.6) is 0 Å². The van der Waals surface area contributed by atoms with Crippen molar-refractivity contribution in [2.75, 3.05) is 11.9 Å². The summed E-state index contributed by atoms with van der Waals surface area (Å²) < 4.78 is 0. The highest BCUT2D eigenvalue weighted by Crippen LogP contribution is 2.28. The molecule has 1 N–H and O–H groups in total. The number of aryl methyl sites for hydroxylation is 1. The van der Waals surface area contributed by atoms with Crippen LogP contribution in [0.1, 0.15) is 37.3 Å². The van der Waals surface area contributed by atoms with Gasteiger partial charge in [0.2, 0.25) is 0 Å². The highest BCUT2D eigenvalue weighted by Gasteiger charge is 2.09. The molecule has 12 heavy (non-hydrogen) atoms. The Morgan fingerprint density at radius 2 is 2.17 bits per heavy atom. The van der Waals surface area contributed by atoms with Gasteiger partial charge in [0.15, 0.2) is 5.13 Å². The third kappa shape index (κ3) is 1.97. The lowest BCUT2D eigenvalue weighted by Crippen LogP contribution is -1.94. The van der Waals surface area contributed by atoms with Crippen molar-refractivity contribution < 1.29 is 0 Å². The first-order valence-electron chi connectivity index (χ1n) is 4.36. The number of rotatable bonds is 3. The molecule has 0 aromatic carbocycles. The molecular formula is C9H16N2S. The highest BCUT2D eigenvalue weighted by atomic mass is 32.1. The Bertz CT molecular complexity index is 253. The summed E-state index contributed by atoms with van der Waals surface area (Å²) in [5.74, 6) is 0.593. The first-order valence-corrected chi connectivity index (χ1v) is 5.18. The lowest BCUT2D eigenvalue weighted by atomic mass is 10.1. The number of aromatic nitrogens is 1. The third-order valence-corrected chi connectivity index (χ3v) is 3.10. The predicted molar refractivity (Wildman–Crippen MR) is 55.1 cm³/mol. The first-order chi connectivity index (χ1) is 5.65. The second-order valence-electron chi connectivity index (χ2n) is 3.15. The van der Waals surface area contributed by atoms with Crippen LogP contribution >= 0.6 is 11.3 Å². The maximum Gasteiger partial charge on any atom is 0.183 e. The van der Waals surface area contributed by atoms with E-state index in [0.717, 1.165) is 11.7 Å². The standard InChI is InChI=1S/C9H16N2S/c1-5-10-9-11-7(4)8(12-9)6(2)3/h6H,5H2,1-4H3,(H,10,11). The maximum absolute atomic E-state index is 4.43. The molecule has 68 valence electrons. The summed E-state index contributed by atoms with van der Waals surface area (Å²) in [5.41, 5.74) is 1.17. The summed E-state index contributed by atoms with van der Waals surface area (Å²) in [6.45, 7) is 9.52. The molecule has 1 aromatic heterocycles. The van der Waals surface area contributed by atoms with E-state index in [1.165, 1.54) is 10.6 Å². The fourth-order valence-electron chi connectivity index (χ4n) is 1.17. The molecule has 0 radical (unpaired) electrons. The molecule has 0 atom stereocenters. The molecule has 0 unspecified atom stereocenters. The van der Waals surface area contributed by atoms with Gasteiger partial charge >= 0.3 is 0 Å². The monoisotopic (exact) mass is 184 g/mol. The molecule has 0 aliphatic rings. The van der Waals surface area contributed by atoms with Crippen molar-refractivity contribution in [2.24, 2.45) is 0 Å². The Morgan fingerprint density at radius 1 is 1.50 bits per heavy atom. The first kappa shape index (κ1) is 9.52. The van der Waals surface area contributed by atoms with Crippen LogP contribution in [0, 0.1) is 6.92 Å². The maximum atomic E-state index is 4.43. The van der Waals surface area contributed by atoms with Gasteiger partial charge < -0.3 is 5.32 Å². The van der Waals surface area contributed by atoms with Gasteiger partial charge in [-0.1, -0.05) is 13.8 Å². The van der Waals surface area contributed by atoms with Crippen LogP contribution < -0.4 is 5.32 Å². The quantitative estimate of drug-likeness (QED) is 0.781. The summed E-state index contributed by atoms with van der Waals surface area (Å²) in [6.07, 6.45) is 0. The topological polar surface area (TPSA) is 24.9 Å². The van der Waals surface area contributed by atoms with Crippen molar-refractivity contribution in [3.05, 3.63) is 10.6 Å². The van der Waals surface area contributed by atoms with E-state index in [2.05, 4.69) is 38.0 Å². The number of hydrogen-bond donors (Lipinski definition) is 1. The van der Waals surface area contributed by atoms with Gasteiger partial charge in [0.1, 0.15) is 0 Å². The van der Waals surface area contributed by atoms with Gasteiger partial charge in [-0.25, -0.2) is 4.98 Å². The highest BCUT2D eigenvalue weighted by molar-refractivity contribution is 7.15. The van der Waals surface area contributed by atoms with E-state index in [1.54, 1.807) is 11.3 Å². The fourth-order valence-corrected chi connectivity index (χ4v) is 2.21. The summed E-state index contributed by atoms with van der Waals surface area (Å²) in [4.78, 5) is 5.82. The normalized spacial score (nSPS) is 10.8. The average molecular weight is 184 g/mol. The molecular weight excluding hydrogens is 168 g/mol. The van der Waals surface area contributed by atoms with Crippen LogP contribution in [0.3, 0.4) is 0 Å². The van der Waals surface area contributed by atoms with Crippen molar-refractivity contribution in [2.45, 2.75) is 33.6 Å². The molecule has 1 aromatic rings. The minimum Gasteiger partial charge on any atom is -0.362 e. The van der Waals surface area contributed by atoms with Crippen LogP contribution in [0.15, 0.2) is 0 Å². The molecule has 0 amide bonds. The number of thiazole rings is 1. The zero-order valence-corrected chi connectivity index (χ0v) is 8.96. The molecule has 0 fully saturated rings. The van der Waals surface area contributed by atoms with Crippen LogP contribution in [-0.4, -0.2) is 11.5 Å². The summed E-state index contributed by atoms with van der Waals surface area (Å²) in [7, 11) is 0. The lowest BCUT2D eigenvalue weighted by molar-refractivity contribution is 0.873. The van der Waals surface area contributed by atoms with E-state index in [-0.39, 0.29) is 0 Å². The minimum absolute atomic E-state index is 0.593. The van der Waals surface area contributed by atoms with E-state index in [9.17, 15) is 0 Å². The van der Waals surface area contributed by atoms with Crippen molar-refractivity contribution in [1.82, 2.24) is 4.98 Å². The fraction of sp³-hybridized carbons (Fsp3) is 0.667. The van der Waals surface area contributed by atoms with Gasteiger partial charge in [-0.2, -0.15) is 0 Å². The summed E-state index contributed by atoms with van der Waals surface area (Å²) >= 11 is 1.77. The zero-order chi connectivity index (χ0) is 9.14. The second-order valence-corrected chi connectivity index (χ2v) is 4.18. The molecule has 1 heterocycles. The number of nitrogens with one attached hydrogen (secondary N) is 1. The molecule has 0 spiro atoms. The molecule has 0 bridgehead atoms. The minimum atomic E-state index is 0.593. The average Bonchev–Trinajstić information content (AvgIpc) is 2.32. The second kappa shape index (κ2) is 3.90. The van der Waals surface area contributed by atoms with Crippen LogP contribution in [0.25, 0.3) is 0 Å². The van der Waals surface area contributed by atoms with Crippen molar-refractivity contribution in [3.63, 3.8) is 0 Å². The summed E-state index contributed by atoms with van der Waals surface area (Å²) in [6, 6.07) is 0. The Morgan fingerprint density at radius 3 is 2.58 bits per heavy atom. The predicted octanol–water partition coefficient (Wildman–Crippen LogP) is 3.01. The SMILES string of the molecule is CCNc1nc(C)c(C(C)C)s1. The zero-order valence-electron chi connectivity index (χ0n) is 8.14. The smallest absolute Gasteiger partial charge is 0.183 e. The van der Waals surface area contributed by atoms with Gasteiger partial charge in [-0.05, 0) is 19.8 Å². The molecule has 2 nitrogen and oxygen atoms in total. The number of nitrogens with zero attached hydrogens (tertiary/aromatic N) is 1. The molecule has 0 saturated carbocycles. The Labute approximate surface area is 78.0 Å². The molecule has 1 rings (SSSR count). The van der Waals surface area contributed by atoms with Crippen molar-refractivity contribution in [1.29, 1.82) is 0 Å². The molecule has 3 heteroatoms. The lowest BCUT2D eigenvalue weighted by Gasteiger charge is -1.99. The Balaban J connectivity index is 2.85. The van der Waals surface area contributed by atoms with Crippen molar-refractivity contribution >= 4 is 16.5 Å². The van der Waals surface area contributed by atoms with Crippen LogP contribution in [-0.2, 0) is 0 Å². The van der Waals surface area contributed by atoms with E-state index >= 15 is 0 Å². The van der Waals surface area contributed by atoms with E-state index in [1.807, 2.05) is 0 Å². The van der Waals surface area contributed by atoms with Gasteiger partial charge in [0.25, 0.3) is 0 Å². The molecule has 0 aliphatic heterocycles. The summed E-state index contributed by atoms with van der Waals surface area (Å²) in [5, 5.41) is 4.29. The number of anilines is 1. The third-order valence-electron chi connectivity index (χ3n) is 1.68. The number of hydrogen-bond acceptors (Lipinski definition) is 3. The Kier molecular flexibility index (Phi) is 3.09. The van der Waals surface area contributed by atoms with Gasteiger partial charge in [-0.15, -0.1) is 11.3 Å². The van der Waals surface area contributed by atoms with E-state index in [4.69, 9.17) is 0 Å². The van der Waals surface area contributed by atoms with Gasteiger partial charge in [0, 0.05) is 11.4 Å². The van der Waals surface area contributed by atoms with Crippen LogP contribution in [0.4, 0.5) is 5.13 Å². The molecule has 0 saturated heterocycles. The van der Waals surface area contributed by atoms with E-state index in [0.29, 0.717) is 5.92 Å². The van der Waals surface area contributed by atoms with Crippen molar-refractivity contribution in [3.8, 4) is 0 Å². The largest absolute Gasteiger partial charge is 0.362 e. The molecule has 0 aliphatic carbocycles. The Hall–Kier alpha value is -0.570. The van der Waals surface area contributed by atoms with E-state index < -0.39 is 0 Å².